The maximum Gasteiger partial charge on any atom is 0.247 e. The van der Waals surface area contributed by atoms with Crippen LogP contribution in [0.15, 0.2) is 22.6 Å². The Kier molecular flexibility index (Phi) is 2.41. The van der Waals surface area contributed by atoms with Gasteiger partial charge in [-0.25, -0.2) is 0 Å². The summed E-state index contributed by atoms with van der Waals surface area (Å²) in [7, 11) is 0. The van der Waals surface area contributed by atoms with Gasteiger partial charge in [0.05, 0.1) is 0 Å². The van der Waals surface area contributed by atoms with Crippen LogP contribution in [0.25, 0.3) is 11.5 Å². The topological polar surface area (TPSA) is 59.2 Å². The molecule has 0 aliphatic heterocycles. The molecule has 0 bridgehead atoms. The highest BCUT2D eigenvalue weighted by molar-refractivity contribution is 5.57. The largest absolute Gasteiger partial charge is 0.508 e. The molecule has 4 nitrogen and oxygen atoms in total. The maximum absolute atomic E-state index is 9.67. The zero-order chi connectivity index (χ0) is 10.8. The van der Waals surface area contributed by atoms with E-state index in [0.29, 0.717) is 11.8 Å². The molecule has 0 saturated carbocycles. The summed E-state index contributed by atoms with van der Waals surface area (Å²) in [5.41, 5.74) is 1.65. The smallest absolute Gasteiger partial charge is 0.247 e. The van der Waals surface area contributed by atoms with Crippen LogP contribution in [-0.4, -0.2) is 15.3 Å². The molecule has 0 saturated heterocycles. The Bertz CT molecular complexity index is 477. The van der Waals surface area contributed by atoms with E-state index in [9.17, 15) is 5.11 Å². The summed E-state index contributed by atoms with van der Waals surface area (Å²) in [6.07, 6.45) is 0.801. The van der Waals surface area contributed by atoms with Crippen molar-refractivity contribution in [3.63, 3.8) is 0 Å². The van der Waals surface area contributed by atoms with Crippen molar-refractivity contribution in [2.45, 2.75) is 20.3 Å². The van der Waals surface area contributed by atoms with E-state index in [1.165, 1.54) is 0 Å². The molecule has 2 aromatic rings. The van der Waals surface area contributed by atoms with E-state index in [1.54, 1.807) is 13.0 Å². The first-order valence-electron chi connectivity index (χ1n) is 4.83. The third kappa shape index (κ3) is 1.83. The zero-order valence-corrected chi connectivity index (χ0v) is 8.69. The van der Waals surface area contributed by atoms with Crippen LogP contribution in [0.5, 0.6) is 5.75 Å². The van der Waals surface area contributed by atoms with Crippen molar-refractivity contribution in [2.75, 3.05) is 0 Å². The Morgan fingerprint density at radius 3 is 2.67 bits per heavy atom. The summed E-state index contributed by atoms with van der Waals surface area (Å²) in [5, 5.41) is 17.3. The molecule has 78 valence electrons. The first-order chi connectivity index (χ1) is 7.20. The first-order valence-corrected chi connectivity index (χ1v) is 4.83. The minimum Gasteiger partial charge on any atom is -0.508 e. The van der Waals surface area contributed by atoms with Crippen molar-refractivity contribution >= 4 is 0 Å². The first kappa shape index (κ1) is 9.71. The minimum absolute atomic E-state index is 0.269. The highest BCUT2D eigenvalue weighted by Gasteiger charge is 2.08. The molecule has 1 heterocycles. The number of rotatable bonds is 2. The molecule has 4 heteroatoms. The molecule has 1 N–H and O–H groups in total. The van der Waals surface area contributed by atoms with Gasteiger partial charge in [0, 0.05) is 12.5 Å². The molecule has 0 aliphatic carbocycles. The van der Waals surface area contributed by atoms with Crippen LogP contribution in [-0.2, 0) is 6.42 Å². The van der Waals surface area contributed by atoms with Crippen LogP contribution < -0.4 is 0 Å². The monoisotopic (exact) mass is 204 g/mol. The molecule has 0 amide bonds. The van der Waals surface area contributed by atoms with E-state index in [0.717, 1.165) is 17.5 Å². The molecule has 0 unspecified atom stereocenters. The zero-order valence-electron chi connectivity index (χ0n) is 8.69. The van der Waals surface area contributed by atoms with E-state index in [2.05, 4.69) is 10.2 Å². The van der Waals surface area contributed by atoms with E-state index in [1.807, 2.05) is 19.1 Å². The van der Waals surface area contributed by atoms with Crippen LogP contribution in [0, 0.1) is 6.92 Å². The van der Waals surface area contributed by atoms with Crippen molar-refractivity contribution in [2.24, 2.45) is 0 Å². The van der Waals surface area contributed by atoms with Crippen LogP contribution in [0.4, 0.5) is 0 Å². The molecule has 0 atom stereocenters. The van der Waals surface area contributed by atoms with E-state index >= 15 is 0 Å². The second-order valence-electron chi connectivity index (χ2n) is 3.32. The lowest BCUT2D eigenvalue weighted by atomic mass is 10.1. The van der Waals surface area contributed by atoms with Gasteiger partial charge in [-0.15, -0.1) is 10.2 Å². The van der Waals surface area contributed by atoms with Gasteiger partial charge in [0.2, 0.25) is 11.8 Å². The molecule has 1 aromatic carbocycles. The number of phenolic OH excluding ortho intramolecular Hbond substituents is 1. The van der Waals surface area contributed by atoms with Gasteiger partial charge in [0.15, 0.2) is 0 Å². The van der Waals surface area contributed by atoms with Crippen LogP contribution in [0.3, 0.4) is 0 Å². The van der Waals surface area contributed by atoms with Gasteiger partial charge in [-0.2, -0.15) is 0 Å². The van der Waals surface area contributed by atoms with Gasteiger partial charge in [0.25, 0.3) is 0 Å². The maximum atomic E-state index is 9.67. The van der Waals surface area contributed by atoms with E-state index < -0.39 is 0 Å². The average Bonchev–Trinajstić information content (AvgIpc) is 2.65. The number of aromatic nitrogens is 2. The number of hydrogen-bond donors (Lipinski definition) is 1. The molecule has 0 fully saturated rings. The summed E-state index contributed by atoms with van der Waals surface area (Å²) in [4.78, 5) is 0. The van der Waals surface area contributed by atoms with Crippen molar-refractivity contribution in [3.8, 4) is 17.2 Å². The summed E-state index contributed by atoms with van der Waals surface area (Å²) in [6.45, 7) is 3.72. The van der Waals surface area contributed by atoms with Gasteiger partial charge in [-0.1, -0.05) is 13.0 Å². The number of phenols is 1. The van der Waals surface area contributed by atoms with Gasteiger partial charge in [0.1, 0.15) is 5.75 Å². The lowest BCUT2D eigenvalue weighted by Gasteiger charge is -2.02. The Labute approximate surface area is 87.6 Å². The standard InChI is InChI=1S/C11H12N2O2/c1-3-8-4-5-9(6-10(8)14)11-13-12-7(2)15-11/h4-6,14H,3H2,1-2H3. The summed E-state index contributed by atoms with van der Waals surface area (Å²) >= 11 is 0. The van der Waals surface area contributed by atoms with Crippen LogP contribution in [0.1, 0.15) is 18.4 Å². The predicted molar refractivity (Wildman–Crippen MR) is 55.5 cm³/mol. The van der Waals surface area contributed by atoms with Crippen molar-refractivity contribution in [1.29, 1.82) is 0 Å². The van der Waals surface area contributed by atoms with Gasteiger partial charge >= 0.3 is 0 Å². The quantitative estimate of drug-likeness (QED) is 0.815. The average molecular weight is 204 g/mol. The second kappa shape index (κ2) is 3.73. The number of nitrogens with zero attached hydrogens (tertiary/aromatic N) is 2. The predicted octanol–water partition coefficient (Wildman–Crippen LogP) is 2.31. The lowest BCUT2D eigenvalue weighted by molar-refractivity contribution is 0.468. The molecular formula is C11H12N2O2. The Hall–Kier alpha value is -1.84. The summed E-state index contributed by atoms with van der Waals surface area (Å²) < 4.78 is 5.26. The van der Waals surface area contributed by atoms with Gasteiger partial charge in [-0.05, 0) is 24.1 Å². The summed E-state index contributed by atoms with van der Waals surface area (Å²) in [6, 6.07) is 5.38. The molecule has 1 aromatic heterocycles. The van der Waals surface area contributed by atoms with E-state index in [4.69, 9.17) is 4.42 Å². The molecule has 2 rings (SSSR count). The SMILES string of the molecule is CCc1ccc(-c2nnc(C)o2)cc1O. The number of aromatic hydroxyl groups is 1. The molecule has 0 aliphatic rings. The molecule has 15 heavy (non-hydrogen) atoms. The number of benzene rings is 1. The second-order valence-corrected chi connectivity index (χ2v) is 3.32. The number of hydrogen-bond acceptors (Lipinski definition) is 4. The fourth-order valence-corrected chi connectivity index (χ4v) is 1.41. The fourth-order valence-electron chi connectivity index (χ4n) is 1.41. The third-order valence-electron chi connectivity index (χ3n) is 2.24. The fraction of sp³-hybridized carbons (Fsp3) is 0.273. The molecular weight excluding hydrogens is 192 g/mol. The highest BCUT2D eigenvalue weighted by Crippen LogP contribution is 2.25. The lowest BCUT2D eigenvalue weighted by Crippen LogP contribution is -1.83. The van der Waals surface area contributed by atoms with Crippen molar-refractivity contribution in [3.05, 3.63) is 29.7 Å². The molecule has 0 radical (unpaired) electrons. The van der Waals surface area contributed by atoms with E-state index in [-0.39, 0.29) is 5.75 Å². The van der Waals surface area contributed by atoms with Gasteiger partial charge in [-0.3, -0.25) is 0 Å². The Morgan fingerprint density at radius 2 is 2.13 bits per heavy atom. The minimum atomic E-state index is 0.269. The number of aryl methyl sites for hydroxylation is 2. The summed E-state index contributed by atoms with van der Waals surface area (Å²) in [5.74, 6) is 1.22. The third-order valence-corrected chi connectivity index (χ3v) is 2.24. The Morgan fingerprint density at radius 1 is 1.33 bits per heavy atom. The molecule has 0 spiro atoms. The van der Waals surface area contributed by atoms with Crippen LogP contribution >= 0.6 is 0 Å². The van der Waals surface area contributed by atoms with Gasteiger partial charge < -0.3 is 9.52 Å². The Balaban J connectivity index is 2.42. The highest BCUT2D eigenvalue weighted by atomic mass is 16.4. The normalized spacial score (nSPS) is 10.5. The van der Waals surface area contributed by atoms with Crippen molar-refractivity contribution in [1.82, 2.24) is 10.2 Å². The van der Waals surface area contributed by atoms with Crippen molar-refractivity contribution < 1.29 is 9.52 Å². The van der Waals surface area contributed by atoms with Crippen LogP contribution in [0.2, 0.25) is 0 Å².